The Kier molecular flexibility index (Phi) is 7.50. The summed E-state index contributed by atoms with van der Waals surface area (Å²) >= 11 is 0. The van der Waals surface area contributed by atoms with Gasteiger partial charge in [-0.25, -0.2) is 4.79 Å². The summed E-state index contributed by atoms with van der Waals surface area (Å²) in [5.41, 5.74) is 4.59. The van der Waals surface area contributed by atoms with E-state index in [-0.39, 0.29) is 36.8 Å². The van der Waals surface area contributed by atoms with Gasteiger partial charge in [0.1, 0.15) is 12.6 Å². The van der Waals surface area contributed by atoms with Gasteiger partial charge in [-0.2, -0.15) is 0 Å². The summed E-state index contributed by atoms with van der Waals surface area (Å²) < 4.78 is 5.60. The van der Waals surface area contributed by atoms with Gasteiger partial charge in [-0.15, -0.1) is 0 Å². The summed E-state index contributed by atoms with van der Waals surface area (Å²) in [4.78, 5) is 36.4. The van der Waals surface area contributed by atoms with Crippen molar-refractivity contribution in [1.29, 1.82) is 0 Å². The van der Waals surface area contributed by atoms with Crippen LogP contribution in [0.3, 0.4) is 0 Å². The first kappa shape index (κ1) is 23.8. The number of benzene rings is 2. The van der Waals surface area contributed by atoms with Crippen molar-refractivity contribution in [2.75, 3.05) is 6.61 Å². The van der Waals surface area contributed by atoms with Crippen LogP contribution in [-0.4, -0.2) is 41.8 Å². The number of amides is 2. The Hall–Kier alpha value is -3.35. The van der Waals surface area contributed by atoms with Crippen molar-refractivity contribution in [1.82, 2.24) is 10.6 Å². The molecule has 0 radical (unpaired) electrons. The predicted molar refractivity (Wildman–Crippen MR) is 128 cm³/mol. The number of alkyl carbamates (subject to hydrolysis) is 1. The van der Waals surface area contributed by atoms with Gasteiger partial charge in [0.2, 0.25) is 5.91 Å². The summed E-state index contributed by atoms with van der Waals surface area (Å²) in [5.74, 6) is -1.00. The predicted octanol–water partition coefficient (Wildman–Crippen LogP) is 4.45. The molecule has 3 N–H and O–H groups in total. The number of hydrogen-bond donors (Lipinski definition) is 3. The lowest BCUT2D eigenvalue weighted by Crippen LogP contribution is -2.49. The van der Waals surface area contributed by atoms with Crippen LogP contribution in [0, 0.1) is 5.92 Å². The first-order valence-electron chi connectivity index (χ1n) is 12.1. The number of aliphatic carboxylic acids is 1. The maximum Gasteiger partial charge on any atom is 0.407 e. The lowest BCUT2D eigenvalue weighted by molar-refractivity contribution is -0.138. The third kappa shape index (κ3) is 5.41. The van der Waals surface area contributed by atoms with E-state index in [2.05, 4.69) is 34.9 Å². The van der Waals surface area contributed by atoms with E-state index in [4.69, 9.17) is 9.84 Å². The Morgan fingerprint density at radius 3 is 2.29 bits per heavy atom. The largest absolute Gasteiger partial charge is 0.481 e. The Labute approximate surface area is 199 Å². The van der Waals surface area contributed by atoms with Crippen LogP contribution in [0.15, 0.2) is 48.5 Å². The quantitative estimate of drug-likeness (QED) is 0.508. The summed E-state index contributed by atoms with van der Waals surface area (Å²) in [6, 6.07) is 15.6. The van der Waals surface area contributed by atoms with Crippen LogP contribution in [0.25, 0.3) is 11.1 Å². The third-order valence-corrected chi connectivity index (χ3v) is 6.88. The van der Waals surface area contributed by atoms with Crippen molar-refractivity contribution in [3.05, 3.63) is 59.7 Å². The van der Waals surface area contributed by atoms with E-state index in [0.717, 1.165) is 41.5 Å². The van der Waals surface area contributed by atoms with Crippen molar-refractivity contribution in [3.8, 4) is 11.1 Å². The van der Waals surface area contributed by atoms with Gasteiger partial charge >= 0.3 is 12.1 Å². The highest BCUT2D eigenvalue weighted by Gasteiger charge is 2.31. The molecular formula is C27H32N2O5. The summed E-state index contributed by atoms with van der Waals surface area (Å²) in [7, 11) is 0. The van der Waals surface area contributed by atoms with Crippen molar-refractivity contribution in [3.63, 3.8) is 0 Å². The molecule has 2 aliphatic carbocycles. The van der Waals surface area contributed by atoms with Crippen LogP contribution in [0.5, 0.6) is 0 Å². The molecule has 180 valence electrons. The van der Waals surface area contributed by atoms with Gasteiger partial charge < -0.3 is 20.5 Å². The Balaban J connectivity index is 1.33. The maximum absolute atomic E-state index is 12.8. The average molecular weight is 465 g/mol. The summed E-state index contributed by atoms with van der Waals surface area (Å²) in [6.45, 7) is 2.15. The molecule has 1 fully saturated rings. The zero-order valence-corrected chi connectivity index (χ0v) is 19.5. The Morgan fingerprint density at radius 1 is 1.03 bits per heavy atom. The maximum atomic E-state index is 12.8. The normalized spacial score (nSPS) is 19.7. The number of fused-ring (bicyclic) bond motifs is 3. The number of ether oxygens (including phenoxy) is 1. The minimum Gasteiger partial charge on any atom is -0.481 e. The van der Waals surface area contributed by atoms with Crippen LogP contribution < -0.4 is 10.6 Å². The second kappa shape index (κ2) is 10.7. The second-order valence-corrected chi connectivity index (χ2v) is 9.29. The number of carbonyl (C=O) groups excluding carboxylic acids is 2. The standard InChI is InChI=1S/C27H32N2O5/c1-2-7-24(26(32)28-18-13-12-17(14-18)15-25(30)31)29-27(33)34-16-23-21-10-5-3-8-19(21)20-9-4-6-11-22(20)23/h3-6,8-11,17-18,23-24H,2,7,12-16H2,1H3,(H,28,32)(H,29,33)(H,30,31)/t17?,18?,24-/m0/s1. The highest BCUT2D eigenvalue weighted by Crippen LogP contribution is 2.44. The fourth-order valence-corrected chi connectivity index (χ4v) is 5.28. The third-order valence-electron chi connectivity index (χ3n) is 6.88. The molecule has 2 aromatic rings. The molecule has 2 unspecified atom stereocenters. The molecular weight excluding hydrogens is 432 g/mol. The molecule has 0 aromatic heterocycles. The molecule has 0 bridgehead atoms. The average Bonchev–Trinajstić information content (AvgIpc) is 3.38. The van der Waals surface area contributed by atoms with Gasteiger partial charge in [0.15, 0.2) is 0 Å². The monoisotopic (exact) mass is 464 g/mol. The van der Waals surface area contributed by atoms with E-state index < -0.39 is 18.1 Å². The zero-order chi connectivity index (χ0) is 24.1. The van der Waals surface area contributed by atoms with E-state index in [9.17, 15) is 14.4 Å². The molecule has 0 spiro atoms. The minimum absolute atomic E-state index is 0.0405. The van der Waals surface area contributed by atoms with Gasteiger partial charge in [-0.3, -0.25) is 9.59 Å². The Morgan fingerprint density at radius 2 is 1.68 bits per heavy atom. The number of carboxylic acids is 1. The molecule has 7 nitrogen and oxygen atoms in total. The zero-order valence-electron chi connectivity index (χ0n) is 19.5. The van der Waals surface area contributed by atoms with Gasteiger partial charge in [0.05, 0.1) is 0 Å². The second-order valence-electron chi connectivity index (χ2n) is 9.29. The van der Waals surface area contributed by atoms with Crippen LogP contribution in [0.4, 0.5) is 4.79 Å². The van der Waals surface area contributed by atoms with E-state index in [0.29, 0.717) is 12.8 Å². The summed E-state index contributed by atoms with van der Waals surface area (Å²) in [5, 5.41) is 14.7. The topological polar surface area (TPSA) is 105 Å². The van der Waals surface area contributed by atoms with Gasteiger partial charge in [0.25, 0.3) is 0 Å². The number of carboxylic acid groups (broad SMARTS) is 1. The fourth-order valence-electron chi connectivity index (χ4n) is 5.28. The summed E-state index contributed by atoms with van der Waals surface area (Å²) in [6.07, 6.45) is 2.95. The number of rotatable bonds is 9. The highest BCUT2D eigenvalue weighted by atomic mass is 16.5. The molecule has 7 heteroatoms. The van der Waals surface area contributed by atoms with Crippen molar-refractivity contribution in [2.24, 2.45) is 5.92 Å². The Bertz CT molecular complexity index is 1010. The lowest BCUT2D eigenvalue weighted by atomic mass is 9.98. The van der Waals surface area contributed by atoms with E-state index >= 15 is 0 Å². The molecule has 34 heavy (non-hydrogen) atoms. The van der Waals surface area contributed by atoms with E-state index in [1.165, 1.54) is 0 Å². The molecule has 2 aliphatic rings. The molecule has 2 aromatic carbocycles. The van der Waals surface area contributed by atoms with E-state index in [1.807, 2.05) is 31.2 Å². The highest BCUT2D eigenvalue weighted by molar-refractivity contribution is 5.86. The molecule has 0 heterocycles. The van der Waals surface area contributed by atoms with Crippen molar-refractivity contribution < 1.29 is 24.2 Å². The van der Waals surface area contributed by atoms with Crippen LogP contribution in [-0.2, 0) is 14.3 Å². The molecule has 2 amide bonds. The first-order chi connectivity index (χ1) is 16.5. The number of nitrogens with one attached hydrogen (secondary N) is 2. The molecule has 4 rings (SSSR count). The van der Waals surface area contributed by atoms with Gasteiger partial charge in [0, 0.05) is 18.4 Å². The van der Waals surface area contributed by atoms with Crippen molar-refractivity contribution in [2.45, 2.75) is 63.5 Å². The number of hydrogen-bond acceptors (Lipinski definition) is 4. The minimum atomic E-state index is -0.808. The van der Waals surface area contributed by atoms with Gasteiger partial charge in [-0.05, 0) is 53.9 Å². The number of carbonyl (C=O) groups is 3. The van der Waals surface area contributed by atoms with Crippen molar-refractivity contribution >= 4 is 18.0 Å². The van der Waals surface area contributed by atoms with Crippen LogP contribution in [0.2, 0.25) is 0 Å². The first-order valence-corrected chi connectivity index (χ1v) is 12.1. The van der Waals surface area contributed by atoms with Gasteiger partial charge in [-0.1, -0.05) is 61.9 Å². The van der Waals surface area contributed by atoms with E-state index in [1.54, 1.807) is 0 Å². The molecule has 1 saturated carbocycles. The smallest absolute Gasteiger partial charge is 0.407 e. The fraction of sp³-hybridized carbons (Fsp3) is 0.444. The SMILES string of the molecule is CCC[C@H](NC(=O)OCC1c2ccccc2-c2ccccc21)C(=O)NC1CCC(CC(=O)O)C1. The van der Waals surface area contributed by atoms with Crippen LogP contribution in [0.1, 0.15) is 62.5 Å². The molecule has 0 saturated heterocycles. The molecule has 3 atom stereocenters. The molecule has 0 aliphatic heterocycles. The van der Waals surface area contributed by atoms with Crippen LogP contribution >= 0.6 is 0 Å². The lowest BCUT2D eigenvalue weighted by Gasteiger charge is -2.21.